The number of piperazine rings is 1. The quantitative estimate of drug-likeness (QED) is 0.320. The van der Waals surface area contributed by atoms with Crippen molar-refractivity contribution < 1.29 is 24.2 Å². The topological polar surface area (TPSA) is 83.7 Å². The minimum Gasteiger partial charge on any atom is -0.363 e. The summed E-state index contributed by atoms with van der Waals surface area (Å²) < 4.78 is 68.6. The van der Waals surface area contributed by atoms with Crippen molar-refractivity contribution in [3.63, 3.8) is 0 Å². The van der Waals surface area contributed by atoms with E-state index in [0.29, 0.717) is 55.3 Å². The molecule has 1 fully saturated rings. The van der Waals surface area contributed by atoms with Crippen LogP contribution < -0.4 is 21.1 Å². The third kappa shape index (κ3) is 6.27. The van der Waals surface area contributed by atoms with E-state index in [-0.39, 0.29) is 29.9 Å². The van der Waals surface area contributed by atoms with Crippen molar-refractivity contribution in [3.05, 3.63) is 58.1 Å². The average molecular weight is 601 g/mol. The molecule has 1 aromatic carbocycles. The number of allylic oxidation sites excluding steroid dienone is 2. The highest BCUT2D eigenvalue weighted by Crippen LogP contribution is 3.02. The van der Waals surface area contributed by atoms with Crippen molar-refractivity contribution in [3.8, 4) is 0 Å². The number of halogens is 5. The molecule has 1 aliphatic heterocycles. The average Bonchev–Trinajstić information content (AvgIpc) is 3.18. The summed E-state index contributed by atoms with van der Waals surface area (Å²) in [4.78, 5) is 27.0. The minimum absolute atomic E-state index is 0.0594. The second-order valence-electron chi connectivity index (χ2n) is 10.4. The number of carbonyl (C=O) groups excluding carboxylic acids is 1. The maximum atomic E-state index is 13.8. The Hall–Kier alpha value is -3.39. The van der Waals surface area contributed by atoms with Gasteiger partial charge in [-0.1, -0.05) is 38.8 Å². The number of nitrogens with one attached hydrogen (secondary N) is 2. The van der Waals surface area contributed by atoms with Crippen LogP contribution in [0.2, 0.25) is 0 Å². The molecule has 2 aromatic heterocycles. The van der Waals surface area contributed by atoms with Crippen molar-refractivity contribution in [2.45, 2.75) is 56.9 Å². The second kappa shape index (κ2) is 10.2. The number of hydrogen-bond donors (Lipinski definition) is 2. The Morgan fingerprint density at radius 2 is 1.76 bits per heavy atom. The molecule has 0 unspecified atom stereocenters. The molecular weight excluding hydrogens is 567 g/mol. The van der Waals surface area contributed by atoms with Crippen molar-refractivity contribution in [2.75, 3.05) is 36.4 Å². The van der Waals surface area contributed by atoms with Crippen LogP contribution in [-0.4, -0.2) is 46.3 Å². The number of fused-ring (bicyclic) bond motifs is 1. The van der Waals surface area contributed by atoms with Crippen LogP contribution in [0.25, 0.3) is 11.2 Å². The van der Waals surface area contributed by atoms with E-state index in [1.165, 1.54) is 4.52 Å². The van der Waals surface area contributed by atoms with Crippen LogP contribution in [0.4, 0.5) is 30.8 Å². The molecule has 1 amide bonds. The lowest BCUT2D eigenvalue weighted by Crippen LogP contribution is -2.47. The number of carbonyl (C=O) groups is 1. The van der Waals surface area contributed by atoms with Gasteiger partial charge in [0.1, 0.15) is 22.8 Å². The Morgan fingerprint density at radius 1 is 1.05 bits per heavy atom. The van der Waals surface area contributed by atoms with Gasteiger partial charge in [0.05, 0.1) is 5.69 Å². The molecule has 224 valence electrons. The summed E-state index contributed by atoms with van der Waals surface area (Å²) in [6.07, 6.45) is 7.53. The normalized spacial score (nSPS) is 18.4. The number of rotatable bonds is 7. The molecule has 1 saturated heterocycles. The van der Waals surface area contributed by atoms with Gasteiger partial charge in [0.25, 0.3) is 5.56 Å². The molecule has 0 atom stereocenters. The van der Waals surface area contributed by atoms with E-state index in [9.17, 15) is 29.0 Å². The van der Waals surface area contributed by atoms with Crippen LogP contribution in [0.3, 0.4) is 0 Å². The molecule has 41 heavy (non-hydrogen) atoms. The summed E-state index contributed by atoms with van der Waals surface area (Å²) in [6.45, 7) is 4.19. The standard InChI is InChI=1S/C27H33F5N6O2S/c1-2-23-26(36-15-13-33-14-16-36)27(40)38-25(17-22(35-38)19-7-5-3-4-6-8-19)37(23)18-24(39)34-20-9-11-21(12-10-20)41(28,29,30,31)32/h7,9-12,17,33H,2-6,8,13-16,18H2,1H3,(H,34,39). The zero-order valence-corrected chi connectivity index (χ0v) is 23.5. The highest BCUT2D eigenvalue weighted by molar-refractivity contribution is 8.45. The summed E-state index contributed by atoms with van der Waals surface area (Å²) in [5.41, 5.74) is 2.91. The Kier molecular flexibility index (Phi) is 7.21. The van der Waals surface area contributed by atoms with Gasteiger partial charge in [-0.3, -0.25) is 9.59 Å². The Bertz CT molecular complexity index is 1560. The first-order valence-electron chi connectivity index (χ1n) is 13.7. The maximum Gasteiger partial charge on any atom is 0.310 e. The van der Waals surface area contributed by atoms with Gasteiger partial charge in [0.15, 0.2) is 0 Å². The van der Waals surface area contributed by atoms with Gasteiger partial charge in [-0.05, 0) is 61.9 Å². The van der Waals surface area contributed by atoms with Crippen LogP contribution in [0.15, 0.2) is 46.1 Å². The second-order valence-corrected chi connectivity index (χ2v) is 12.9. The zero-order valence-electron chi connectivity index (χ0n) is 22.6. The Labute approximate surface area is 233 Å². The van der Waals surface area contributed by atoms with E-state index in [0.717, 1.165) is 49.8 Å². The highest BCUT2D eigenvalue weighted by Gasteiger charge is 2.65. The smallest absolute Gasteiger partial charge is 0.310 e. The number of benzene rings is 1. The Balaban J connectivity index is 1.54. The predicted molar refractivity (Wildman–Crippen MR) is 151 cm³/mol. The number of hydrogen-bond acceptors (Lipinski definition) is 5. The van der Waals surface area contributed by atoms with E-state index in [1.54, 1.807) is 10.6 Å². The van der Waals surface area contributed by atoms with Crippen LogP contribution in [0.5, 0.6) is 0 Å². The number of aromatic nitrogens is 3. The molecule has 1 aliphatic carbocycles. The molecule has 2 aliphatic rings. The summed E-state index contributed by atoms with van der Waals surface area (Å²) in [7, 11) is -9.83. The molecule has 3 aromatic rings. The fourth-order valence-corrected chi connectivity index (χ4v) is 6.14. The zero-order chi connectivity index (χ0) is 29.5. The van der Waals surface area contributed by atoms with Gasteiger partial charge in [-0.2, -0.15) is 9.61 Å². The van der Waals surface area contributed by atoms with Gasteiger partial charge in [0, 0.05) is 43.6 Å². The monoisotopic (exact) mass is 600 g/mol. The minimum atomic E-state index is -9.83. The fraction of sp³-hybridized carbons (Fsp3) is 0.444. The van der Waals surface area contributed by atoms with E-state index in [2.05, 4.69) is 21.8 Å². The molecule has 0 bridgehead atoms. The van der Waals surface area contributed by atoms with Crippen molar-refractivity contribution in [1.82, 2.24) is 19.5 Å². The molecule has 0 saturated carbocycles. The third-order valence-corrected chi connectivity index (χ3v) is 8.65. The van der Waals surface area contributed by atoms with Crippen LogP contribution in [0, 0.1) is 0 Å². The first-order chi connectivity index (χ1) is 19.2. The third-order valence-electron chi connectivity index (χ3n) is 7.48. The van der Waals surface area contributed by atoms with Gasteiger partial charge in [-0.15, -0.1) is 0 Å². The van der Waals surface area contributed by atoms with E-state index >= 15 is 0 Å². The largest absolute Gasteiger partial charge is 0.363 e. The van der Waals surface area contributed by atoms with Crippen molar-refractivity contribution in [2.24, 2.45) is 0 Å². The van der Waals surface area contributed by atoms with Gasteiger partial charge in [-0.25, -0.2) is 0 Å². The number of amides is 1. The van der Waals surface area contributed by atoms with E-state index in [1.807, 2.05) is 11.8 Å². The van der Waals surface area contributed by atoms with Gasteiger partial charge >= 0.3 is 10.2 Å². The lowest BCUT2D eigenvalue weighted by Gasteiger charge is -2.40. The molecule has 3 heterocycles. The first-order valence-corrected chi connectivity index (χ1v) is 15.6. The van der Waals surface area contributed by atoms with E-state index < -0.39 is 21.0 Å². The molecular formula is C27H33F5N6O2S. The number of nitrogens with zero attached hydrogens (tertiary/aromatic N) is 4. The van der Waals surface area contributed by atoms with Crippen LogP contribution in [0.1, 0.15) is 50.4 Å². The predicted octanol–water partition coefficient (Wildman–Crippen LogP) is 6.11. The summed E-state index contributed by atoms with van der Waals surface area (Å²) >= 11 is 0. The summed E-state index contributed by atoms with van der Waals surface area (Å²) in [6, 6.07) is 3.93. The highest BCUT2D eigenvalue weighted by atomic mass is 32.5. The van der Waals surface area contributed by atoms with Gasteiger partial charge in [0.2, 0.25) is 5.91 Å². The fourth-order valence-electron chi connectivity index (χ4n) is 5.49. The lowest BCUT2D eigenvalue weighted by molar-refractivity contribution is -0.116. The molecule has 2 N–H and O–H groups in total. The lowest BCUT2D eigenvalue weighted by atomic mass is 10.1. The first kappa shape index (κ1) is 29.1. The summed E-state index contributed by atoms with van der Waals surface area (Å²) in [5.74, 6) is -0.590. The van der Waals surface area contributed by atoms with Crippen LogP contribution >= 0.6 is 10.2 Å². The number of anilines is 2. The molecule has 0 spiro atoms. The molecule has 5 rings (SSSR count). The van der Waals surface area contributed by atoms with E-state index in [4.69, 9.17) is 0 Å². The molecule has 0 radical (unpaired) electrons. The van der Waals surface area contributed by atoms with Crippen molar-refractivity contribution in [1.29, 1.82) is 0 Å². The summed E-state index contributed by atoms with van der Waals surface area (Å²) in [5, 5.41) is 10.4. The maximum absolute atomic E-state index is 13.8. The van der Waals surface area contributed by atoms with Gasteiger partial charge < -0.3 is 20.1 Å². The van der Waals surface area contributed by atoms with Crippen molar-refractivity contribution >= 4 is 38.7 Å². The SMILES string of the molecule is CCc1c(N2CCNCC2)c(=O)n2nc(C3=CCCCCC3)cc2n1CC(=O)Nc1ccc(S(F)(F)(F)(F)F)cc1. The Morgan fingerprint density at radius 3 is 2.41 bits per heavy atom. The molecule has 8 nitrogen and oxygen atoms in total. The van der Waals surface area contributed by atoms with Crippen LogP contribution in [-0.2, 0) is 17.8 Å². The molecule has 14 heteroatoms.